The minimum absolute atomic E-state index is 0.482. The summed E-state index contributed by atoms with van der Waals surface area (Å²) in [6, 6.07) is 5.27. The van der Waals surface area contributed by atoms with Crippen LogP contribution in [0.1, 0.15) is 0 Å². The number of hydrogen-bond acceptors (Lipinski definition) is 1. The van der Waals surface area contributed by atoms with Gasteiger partial charge in [0.15, 0.2) is 0 Å². The molecular weight excluding hydrogens is 312 g/mol. The Morgan fingerprint density at radius 2 is 2.17 bits per heavy atom. The summed E-state index contributed by atoms with van der Waals surface area (Å²) in [4.78, 5) is 10.4. The van der Waals surface area contributed by atoms with Crippen LogP contribution in [0.2, 0.25) is 5.02 Å². The summed E-state index contributed by atoms with van der Waals surface area (Å²) in [5.74, 6) is 0. The van der Waals surface area contributed by atoms with Gasteiger partial charge in [-0.1, -0.05) is 11.6 Å². The molecule has 1 N–H and O–H groups in total. The second-order valence-electron chi connectivity index (χ2n) is 2.02. The summed E-state index contributed by atoms with van der Waals surface area (Å²) in [6.07, 6.45) is 0. The summed E-state index contributed by atoms with van der Waals surface area (Å²) < 4.78 is 1.00. The fourth-order valence-corrected chi connectivity index (χ4v) is 1.70. The van der Waals surface area contributed by atoms with E-state index in [-0.39, 0.29) is 0 Å². The van der Waals surface area contributed by atoms with Crippen LogP contribution in [-0.2, 0) is 0 Å². The van der Waals surface area contributed by atoms with Crippen LogP contribution in [0.3, 0.4) is 0 Å². The fourth-order valence-electron chi connectivity index (χ4n) is 0.697. The third-order valence-corrected chi connectivity index (χ3v) is 2.24. The van der Waals surface area contributed by atoms with E-state index in [1.165, 1.54) is 0 Å². The van der Waals surface area contributed by atoms with E-state index >= 15 is 0 Å². The summed E-state index contributed by atoms with van der Waals surface area (Å²) in [6.45, 7) is 0. The average Bonchev–Trinajstić information content (AvgIpc) is 1.94. The van der Waals surface area contributed by atoms with Gasteiger partial charge in [-0.3, -0.25) is 4.79 Å². The third-order valence-electron chi connectivity index (χ3n) is 1.16. The van der Waals surface area contributed by atoms with E-state index in [9.17, 15) is 4.79 Å². The van der Waals surface area contributed by atoms with Gasteiger partial charge in [-0.05, 0) is 52.4 Å². The van der Waals surface area contributed by atoms with Crippen molar-refractivity contribution >= 4 is 56.8 Å². The van der Waals surface area contributed by atoms with Crippen molar-refractivity contribution in [3.63, 3.8) is 0 Å². The number of benzene rings is 1. The molecule has 0 radical (unpaired) electrons. The van der Waals surface area contributed by atoms with Gasteiger partial charge in [-0.25, -0.2) is 0 Å². The highest BCUT2D eigenvalue weighted by atomic mass is 127. The molecule has 0 aliphatic heterocycles. The fraction of sp³-hybridized carbons (Fsp3) is 0. The van der Waals surface area contributed by atoms with Crippen molar-refractivity contribution in [1.82, 2.24) is 0 Å². The molecule has 0 atom stereocenters. The Morgan fingerprint density at radius 3 is 2.67 bits per heavy atom. The predicted octanol–water partition coefficient (Wildman–Crippen LogP) is 3.72. The maximum atomic E-state index is 10.4. The lowest BCUT2D eigenvalue weighted by Crippen LogP contribution is -2.01. The summed E-state index contributed by atoms with van der Waals surface area (Å²) >= 11 is 13.0. The lowest BCUT2D eigenvalue weighted by molar-refractivity contribution is 0.269. The molecule has 5 heteroatoms. The van der Waals surface area contributed by atoms with Crippen molar-refractivity contribution in [2.24, 2.45) is 0 Å². The van der Waals surface area contributed by atoms with Crippen molar-refractivity contribution in [3.05, 3.63) is 26.8 Å². The Hall–Kier alpha value is -0.0000000000000000555. The van der Waals surface area contributed by atoms with E-state index in [1.807, 2.05) is 6.07 Å². The zero-order valence-electron chi connectivity index (χ0n) is 5.77. The van der Waals surface area contributed by atoms with E-state index in [2.05, 4.69) is 27.9 Å². The molecule has 0 aliphatic rings. The second kappa shape index (κ2) is 4.30. The molecule has 0 fully saturated rings. The summed E-state index contributed by atoms with van der Waals surface area (Å²) in [5, 5.41) is 2.23. The smallest absolute Gasteiger partial charge is 0.311 e. The molecule has 12 heavy (non-hydrogen) atoms. The molecule has 1 aromatic rings. The first-order chi connectivity index (χ1) is 5.59. The Bertz CT molecular complexity index is 316. The normalized spacial score (nSPS) is 9.58. The molecule has 0 heterocycles. The number of carbonyl (C=O) groups is 1. The Morgan fingerprint density at radius 1 is 1.50 bits per heavy atom. The van der Waals surface area contributed by atoms with Gasteiger partial charge in [0.2, 0.25) is 0 Å². The number of nitrogens with one attached hydrogen (secondary N) is 1. The molecule has 0 saturated heterocycles. The van der Waals surface area contributed by atoms with Crippen LogP contribution in [0, 0.1) is 3.57 Å². The van der Waals surface area contributed by atoms with Crippen LogP contribution in [-0.4, -0.2) is 5.37 Å². The van der Waals surface area contributed by atoms with Gasteiger partial charge in [-0.15, -0.1) is 0 Å². The van der Waals surface area contributed by atoms with Gasteiger partial charge in [0.25, 0.3) is 0 Å². The first-order valence-corrected chi connectivity index (χ1v) is 4.84. The van der Waals surface area contributed by atoms with Crippen LogP contribution in [0.25, 0.3) is 0 Å². The topological polar surface area (TPSA) is 29.1 Å². The minimum Gasteiger partial charge on any atom is -0.311 e. The average molecular weight is 316 g/mol. The molecule has 0 saturated carbocycles. The van der Waals surface area contributed by atoms with Crippen molar-refractivity contribution in [2.45, 2.75) is 0 Å². The van der Waals surface area contributed by atoms with Crippen molar-refractivity contribution in [2.75, 3.05) is 5.32 Å². The molecule has 1 rings (SSSR count). The Kier molecular flexibility index (Phi) is 3.61. The van der Waals surface area contributed by atoms with Gasteiger partial charge in [0, 0.05) is 3.57 Å². The highest BCUT2D eigenvalue weighted by Gasteiger charge is 2.02. The summed E-state index contributed by atoms with van der Waals surface area (Å²) in [7, 11) is 0. The number of hydrogen-bond donors (Lipinski definition) is 1. The van der Waals surface area contributed by atoms with E-state index in [4.69, 9.17) is 23.2 Å². The van der Waals surface area contributed by atoms with Gasteiger partial charge in [-0.2, -0.15) is 0 Å². The molecule has 2 nitrogen and oxygen atoms in total. The van der Waals surface area contributed by atoms with E-state index in [0.29, 0.717) is 10.7 Å². The molecule has 0 bridgehead atoms. The number of anilines is 1. The number of halogens is 3. The molecule has 0 spiro atoms. The molecule has 0 aromatic heterocycles. The highest BCUT2D eigenvalue weighted by Crippen LogP contribution is 2.23. The quantitative estimate of drug-likeness (QED) is 0.478. The largest absolute Gasteiger partial charge is 0.318 e. The maximum Gasteiger partial charge on any atom is 0.318 e. The zero-order chi connectivity index (χ0) is 9.14. The lowest BCUT2D eigenvalue weighted by Gasteiger charge is -2.02. The third kappa shape index (κ3) is 2.80. The molecule has 1 amide bonds. The monoisotopic (exact) mass is 315 g/mol. The van der Waals surface area contributed by atoms with Crippen molar-refractivity contribution < 1.29 is 4.79 Å². The zero-order valence-corrected chi connectivity index (χ0v) is 9.44. The molecule has 1 aromatic carbocycles. The van der Waals surface area contributed by atoms with Crippen molar-refractivity contribution in [3.8, 4) is 0 Å². The van der Waals surface area contributed by atoms with Gasteiger partial charge >= 0.3 is 5.37 Å². The van der Waals surface area contributed by atoms with E-state index in [0.717, 1.165) is 3.57 Å². The first-order valence-electron chi connectivity index (χ1n) is 3.01. The molecule has 0 aliphatic carbocycles. The van der Waals surface area contributed by atoms with Crippen LogP contribution in [0.5, 0.6) is 0 Å². The van der Waals surface area contributed by atoms with Crippen LogP contribution < -0.4 is 5.32 Å². The first kappa shape index (κ1) is 10.1. The van der Waals surface area contributed by atoms with Gasteiger partial charge in [0.1, 0.15) is 0 Å². The van der Waals surface area contributed by atoms with Crippen LogP contribution in [0.4, 0.5) is 10.5 Å². The maximum absolute atomic E-state index is 10.4. The number of rotatable bonds is 1. The molecule has 64 valence electrons. The summed E-state index contributed by atoms with van der Waals surface area (Å²) in [5.41, 5.74) is 0.525. The number of amides is 1. The highest BCUT2D eigenvalue weighted by molar-refractivity contribution is 14.1. The minimum atomic E-state index is -0.641. The van der Waals surface area contributed by atoms with Crippen LogP contribution in [0.15, 0.2) is 18.2 Å². The van der Waals surface area contributed by atoms with Crippen molar-refractivity contribution in [1.29, 1.82) is 0 Å². The Balaban J connectivity index is 2.93. The van der Waals surface area contributed by atoms with Crippen LogP contribution >= 0.6 is 45.8 Å². The number of carbonyl (C=O) groups excluding carboxylic acids is 1. The Labute approximate surface area is 93.4 Å². The molecule has 0 unspecified atom stereocenters. The second-order valence-corrected chi connectivity index (χ2v) is 4.02. The standard InChI is InChI=1S/C7H4Cl2INO/c8-5-3-4(10)1-2-6(5)11-7(9)12/h1-3H,(H,11,12). The van der Waals surface area contributed by atoms with Gasteiger partial charge < -0.3 is 5.32 Å². The SMILES string of the molecule is O=C(Cl)Nc1ccc(I)cc1Cl. The van der Waals surface area contributed by atoms with Gasteiger partial charge in [0.05, 0.1) is 10.7 Å². The van der Waals surface area contributed by atoms with E-state index < -0.39 is 5.37 Å². The lowest BCUT2D eigenvalue weighted by atomic mass is 10.3. The molecular formula is C7H4Cl2INO. The van der Waals surface area contributed by atoms with E-state index in [1.54, 1.807) is 12.1 Å². The predicted molar refractivity (Wildman–Crippen MR) is 59.0 cm³/mol.